The van der Waals surface area contributed by atoms with Gasteiger partial charge >= 0.3 is 0 Å². The highest BCUT2D eigenvalue weighted by atomic mass is 35.5. The molecule has 1 heterocycles. The van der Waals surface area contributed by atoms with Crippen LogP contribution in [-0.4, -0.2) is 9.97 Å². The third-order valence-corrected chi connectivity index (χ3v) is 2.99. The maximum atomic E-state index is 5.91. The van der Waals surface area contributed by atoms with Crippen molar-refractivity contribution >= 4 is 22.5 Å². The zero-order valence-electron chi connectivity index (χ0n) is 8.50. The van der Waals surface area contributed by atoms with E-state index in [0.717, 1.165) is 11.2 Å². The molecule has 1 aliphatic rings. The molecule has 1 fully saturated rings. The molecule has 3 heteroatoms. The van der Waals surface area contributed by atoms with Crippen LogP contribution < -0.4 is 0 Å². The summed E-state index contributed by atoms with van der Waals surface area (Å²) in [4.78, 5) is 8.60. The predicted molar refractivity (Wildman–Crippen MR) is 61.3 cm³/mol. The summed E-state index contributed by atoms with van der Waals surface area (Å²) >= 11 is 5.91. The topological polar surface area (TPSA) is 25.8 Å². The minimum Gasteiger partial charge on any atom is -0.222 e. The molecule has 0 aliphatic heterocycles. The highest BCUT2D eigenvalue weighted by Crippen LogP contribution is 2.42. The van der Waals surface area contributed by atoms with Crippen LogP contribution in [0.1, 0.15) is 30.0 Å². The molecule has 0 N–H and O–H groups in total. The van der Waals surface area contributed by atoms with Gasteiger partial charge in [-0.05, 0) is 43.5 Å². The average Bonchev–Trinajstić information content (AvgIpc) is 3.01. The Morgan fingerprint density at radius 1 is 1.27 bits per heavy atom. The van der Waals surface area contributed by atoms with E-state index in [2.05, 4.69) is 29.0 Å². The standard InChI is InChI=1S/C12H11ClN2/c1-7-2-5-10-9(6-7)11(8-3-4-8)15-12(13)14-10/h2,5-6,8H,3-4H2,1H3. The van der Waals surface area contributed by atoms with Crippen molar-refractivity contribution in [3.8, 4) is 0 Å². The zero-order chi connectivity index (χ0) is 10.4. The van der Waals surface area contributed by atoms with Gasteiger partial charge in [0.2, 0.25) is 5.28 Å². The fourth-order valence-electron chi connectivity index (χ4n) is 1.90. The number of hydrogen-bond acceptors (Lipinski definition) is 2. The van der Waals surface area contributed by atoms with Gasteiger partial charge in [0.25, 0.3) is 0 Å². The van der Waals surface area contributed by atoms with E-state index in [1.165, 1.54) is 23.8 Å². The fraction of sp³-hybridized carbons (Fsp3) is 0.333. The summed E-state index contributed by atoms with van der Waals surface area (Å²) < 4.78 is 0. The summed E-state index contributed by atoms with van der Waals surface area (Å²) in [6.07, 6.45) is 2.47. The molecule has 1 aromatic carbocycles. The van der Waals surface area contributed by atoms with E-state index in [9.17, 15) is 0 Å². The quantitative estimate of drug-likeness (QED) is 0.685. The molecule has 1 aromatic heterocycles. The van der Waals surface area contributed by atoms with E-state index >= 15 is 0 Å². The summed E-state index contributed by atoms with van der Waals surface area (Å²) in [5.74, 6) is 0.606. The highest BCUT2D eigenvalue weighted by Gasteiger charge is 2.27. The Hall–Kier alpha value is -1.15. The molecule has 2 nitrogen and oxygen atoms in total. The summed E-state index contributed by atoms with van der Waals surface area (Å²) in [5.41, 5.74) is 3.34. The number of aromatic nitrogens is 2. The fourth-order valence-corrected chi connectivity index (χ4v) is 2.09. The lowest BCUT2D eigenvalue weighted by Gasteiger charge is -2.05. The van der Waals surface area contributed by atoms with Crippen LogP contribution in [0.25, 0.3) is 10.9 Å². The highest BCUT2D eigenvalue weighted by molar-refractivity contribution is 6.28. The Morgan fingerprint density at radius 3 is 2.80 bits per heavy atom. The van der Waals surface area contributed by atoms with Crippen molar-refractivity contribution in [2.75, 3.05) is 0 Å². The van der Waals surface area contributed by atoms with E-state index in [1.54, 1.807) is 0 Å². The minimum atomic E-state index is 0.369. The first kappa shape index (κ1) is 9.10. The molecule has 0 amide bonds. The first-order chi connectivity index (χ1) is 7.24. The van der Waals surface area contributed by atoms with Crippen molar-refractivity contribution in [3.63, 3.8) is 0 Å². The summed E-state index contributed by atoms with van der Waals surface area (Å²) in [7, 11) is 0. The van der Waals surface area contributed by atoms with Crippen molar-refractivity contribution in [1.82, 2.24) is 9.97 Å². The maximum Gasteiger partial charge on any atom is 0.223 e. The summed E-state index contributed by atoms with van der Waals surface area (Å²) in [6, 6.07) is 6.23. The van der Waals surface area contributed by atoms with Gasteiger partial charge in [-0.15, -0.1) is 0 Å². The molecule has 0 bridgehead atoms. The lowest BCUT2D eigenvalue weighted by Crippen LogP contribution is -1.93. The van der Waals surface area contributed by atoms with Gasteiger partial charge in [0.15, 0.2) is 0 Å². The number of halogens is 1. The first-order valence-electron chi connectivity index (χ1n) is 5.18. The Morgan fingerprint density at radius 2 is 2.07 bits per heavy atom. The zero-order valence-corrected chi connectivity index (χ0v) is 9.25. The van der Waals surface area contributed by atoms with Crippen molar-refractivity contribution in [2.24, 2.45) is 0 Å². The molecule has 15 heavy (non-hydrogen) atoms. The van der Waals surface area contributed by atoms with Crippen LogP contribution in [0.3, 0.4) is 0 Å². The van der Waals surface area contributed by atoms with Gasteiger partial charge in [0.05, 0.1) is 11.2 Å². The van der Waals surface area contributed by atoms with Crippen molar-refractivity contribution in [3.05, 3.63) is 34.7 Å². The van der Waals surface area contributed by atoms with Gasteiger partial charge < -0.3 is 0 Å². The number of rotatable bonds is 1. The van der Waals surface area contributed by atoms with E-state index < -0.39 is 0 Å². The second-order valence-electron chi connectivity index (χ2n) is 4.17. The second kappa shape index (κ2) is 3.17. The lowest BCUT2D eigenvalue weighted by molar-refractivity contribution is 1.02. The van der Waals surface area contributed by atoms with Crippen molar-refractivity contribution in [1.29, 1.82) is 0 Å². The maximum absolute atomic E-state index is 5.91. The lowest BCUT2D eigenvalue weighted by atomic mass is 10.1. The molecule has 1 aliphatic carbocycles. The number of aryl methyl sites for hydroxylation is 1. The van der Waals surface area contributed by atoms with Crippen LogP contribution in [-0.2, 0) is 0 Å². The first-order valence-corrected chi connectivity index (χ1v) is 5.55. The van der Waals surface area contributed by atoms with Crippen molar-refractivity contribution in [2.45, 2.75) is 25.7 Å². The van der Waals surface area contributed by atoms with Crippen LogP contribution >= 0.6 is 11.6 Å². The Labute approximate surface area is 93.3 Å². The van der Waals surface area contributed by atoms with Gasteiger partial charge in [-0.2, -0.15) is 0 Å². The monoisotopic (exact) mass is 218 g/mol. The molecular weight excluding hydrogens is 208 g/mol. The van der Waals surface area contributed by atoms with E-state index in [-0.39, 0.29) is 0 Å². The van der Waals surface area contributed by atoms with Crippen molar-refractivity contribution < 1.29 is 0 Å². The Balaban J connectivity index is 2.34. The van der Waals surface area contributed by atoms with E-state index in [1.807, 2.05) is 6.07 Å². The van der Waals surface area contributed by atoms with E-state index in [0.29, 0.717) is 11.2 Å². The van der Waals surface area contributed by atoms with Gasteiger partial charge in [0, 0.05) is 11.3 Å². The number of nitrogens with zero attached hydrogens (tertiary/aromatic N) is 2. The molecule has 2 aromatic rings. The normalized spacial score (nSPS) is 15.9. The summed E-state index contributed by atoms with van der Waals surface area (Å²) in [6.45, 7) is 2.09. The second-order valence-corrected chi connectivity index (χ2v) is 4.51. The molecule has 76 valence electrons. The van der Waals surface area contributed by atoms with Crippen LogP contribution in [0.5, 0.6) is 0 Å². The van der Waals surface area contributed by atoms with E-state index in [4.69, 9.17) is 11.6 Å². The van der Waals surface area contributed by atoms with Gasteiger partial charge in [-0.1, -0.05) is 11.6 Å². The minimum absolute atomic E-state index is 0.369. The van der Waals surface area contributed by atoms with Gasteiger partial charge in [-0.3, -0.25) is 0 Å². The third kappa shape index (κ3) is 1.59. The third-order valence-electron chi connectivity index (χ3n) is 2.82. The molecule has 3 rings (SSSR count). The smallest absolute Gasteiger partial charge is 0.222 e. The Kier molecular flexibility index (Phi) is 1.93. The SMILES string of the molecule is Cc1ccc2nc(Cl)nc(C3CC3)c2c1. The summed E-state index contributed by atoms with van der Waals surface area (Å²) in [5, 5.41) is 1.54. The number of fused-ring (bicyclic) bond motifs is 1. The molecule has 0 radical (unpaired) electrons. The molecule has 0 unspecified atom stereocenters. The van der Waals surface area contributed by atoms with Gasteiger partial charge in [-0.25, -0.2) is 9.97 Å². The average molecular weight is 219 g/mol. The van der Waals surface area contributed by atoms with Crippen LogP contribution in [0.4, 0.5) is 0 Å². The Bertz CT molecular complexity index is 532. The van der Waals surface area contributed by atoms with Gasteiger partial charge in [0.1, 0.15) is 0 Å². The molecule has 0 saturated heterocycles. The molecule has 0 spiro atoms. The number of benzene rings is 1. The van der Waals surface area contributed by atoms with Crippen LogP contribution in [0.2, 0.25) is 5.28 Å². The van der Waals surface area contributed by atoms with Crippen LogP contribution in [0.15, 0.2) is 18.2 Å². The van der Waals surface area contributed by atoms with Crippen LogP contribution in [0, 0.1) is 6.92 Å². The predicted octanol–water partition coefficient (Wildman–Crippen LogP) is 3.47. The molecule has 1 saturated carbocycles. The molecular formula is C12H11ClN2. The number of hydrogen-bond donors (Lipinski definition) is 0. The molecule has 0 atom stereocenters. The largest absolute Gasteiger partial charge is 0.223 e.